The third-order valence-electron chi connectivity index (χ3n) is 3.88. The zero-order chi connectivity index (χ0) is 16.7. The van der Waals surface area contributed by atoms with Crippen LogP contribution in [-0.2, 0) is 7.05 Å². The van der Waals surface area contributed by atoms with Gasteiger partial charge < -0.3 is 0 Å². The number of aromatic nitrogens is 4. The van der Waals surface area contributed by atoms with Crippen LogP contribution in [0.3, 0.4) is 0 Å². The van der Waals surface area contributed by atoms with Gasteiger partial charge in [0.2, 0.25) is 0 Å². The second kappa shape index (κ2) is 5.52. The summed E-state index contributed by atoms with van der Waals surface area (Å²) in [6.07, 6.45) is 5.45. The SMILES string of the molecule is Cn1cc(-c2ccc3ncc(C#N)n3c2)c(-c2ccc(Cl)cc2)n1. The van der Waals surface area contributed by atoms with Crippen LogP contribution in [-0.4, -0.2) is 19.2 Å². The Hall–Kier alpha value is -3.10. The first-order chi connectivity index (χ1) is 11.7. The molecule has 0 spiro atoms. The largest absolute Gasteiger partial charge is 0.291 e. The fourth-order valence-electron chi connectivity index (χ4n) is 2.74. The summed E-state index contributed by atoms with van der Waals surface area (Å²) in [7, 11) is 1.89. The van der Waals surface area contributed by atoms with Crippen LogP contribution in [0.5, 0.6) is 0 Å². The average molecular weight is 334 g/mol. The normalized spacial score (nSPS) is 10.9. The minimum absolute atomic E-state index is 0.504. The number of benzene rings is 1. The highest BCUT2D eigenvalue weighted by Crippen LogP contribution is 2.31. The Morgan fingerprint density at radius 1 is 1.04 bits per heavy atom. The van der Waals surface area contributed by atoms with Gasteiger partial charge in [-0.1, -0.05) is 23.7 Å². The number of nitrogens with zero attached hydrogens (tertiary/aromatic N) is 5. The second-order valence-corrected chi connectivity index (χ2v) is 5.91. The van der Waals surface area contributed by atoms with Gasteiger partial charge in [-0.3, -0.25) is 9.08 Å². The van der Waals surface area contributed by atoms with Gasteiger partial charge in [0.25, 0.3) is 0 Å². The Balaban J connectivity index is 1.91. The first kappa shape index (κ1) is 14.5. The van der Waals surface area contributed by atoms with E-state index in [9.17, 15) is 5.26 Å². The van der Waals surface area contributed by atoms with Crippen molar-refractivity contribution in [3.63, 3.8) is 0 Å². The molecule has 3 aromatic heterocycles. The summed E-state index contributed by atoms with van der Waals surface area (Å²) in [5.74, 6) is 0. The van der Waals surface area contributed by atoms with Crippen molar-refractivity contribution in [2.75, 3.05) is 0 Å². The fourth-order valence-corrected chi connectivity index (χ4v) is 2.87. The molecule has 24 heavy (non-hydrogen) atoms. The molecule has 0 fully saturated rings. The van der Waals surface area contributed by atoms with E-state index in [1.165, 1.54) is 0 Å². The molecule has 116 valence electrons. The molecule has 0 saturated carbocycles. The van der Waals surface area contributed by atoms with Crippen LogP contribution >= 0.6 is 11.6 Å². The van der Waals surface area contributed by atoms with E-state index in [4.69, 9.17) is 11.6 Å². The molecule has 6 heteroatoms. The summed E-state index contributed by atoms with van der Waals surface area (Å²) in [4.78, 5) is 4.22. The van der Waals surface area contributed by atoms with Crippen molar-refractivity contribution < 1.29 is 0 Å². The number of aryl methyl sites for hydroxylation is 1. The molecule has 0 unspecified atom stereocenters. The first-order valence-electron chi connectivity index (χ1n) is 7.33. The third kappa shape index (κ3) is 2.34. The molecule has 0 radical (unpaired) electrons. The molecule has 0 aliphatic rings. The molecule has 1 aromatic carbocycles. The summed E-state index contributed by atoms with van der Waals surface area (Å²) < 4.78 is 3.57. The summed E-state index contributed by atoms with van der Waals surface area (Å²) in [6.45, 7) is 0. The molecule has 4 rings (SSSR count). The van der Waals surface area contributed by atoms with Crippen LogP contribution in [0.4, 0.5) is 0 Å². The monoisotopic (exact) mass is 333 g/mol. The topological polar surface area (TPSA) is 58.9 Å². The Labute approximate surface area is 143 Å². The molecule has 0 amide bonds. The molecule has 4 aromatic rings. The van der Waals surface area contributed by atoms with Gasteiger partial charge in [-0.15, -0.1) is 0 Å². The number of hydrogen-bond acceptors (Lipinski definition) is 3. The number of imidazole rings is 1. The van der Waals surface area contributed by atoms with E-state index in [-0.39, 0.29) is 0 Å². The predicted molar refractivity (Wildman–Crippen MR) is 92.6 cm³/mol. The molecule has 0 aliphatic carbocycles. The van der Waals surface area contributed by atoms with E-state index in [1.807, 2.05) is 55.8 Å². The average Bonchev–Trinajstić information content (AvgIpc) is 3.18. The number of rotatable bonds is 2. The quantitative estimate of drug-likeness (QED) is 0.558. The highest BCUT2D eigenvalue weighted by molar-refractivity contribution is 6.30. The minimum atomic E-state index is 0.504. The lowest BCUT2D eigenvalue weighted by atomic mass is 10.0. The molecule has 0 aliphatic heterocycles. The molecule has 0 bridgehead atoms. The van der Waals surface area contributed by atoms with E-state index in [1.54, 1.807) is 15.3 Å². The summed E-state index contributed by atoms with van der Waals surface area (Å²) >= 11 is 5.98. The Morgan fingerprint density at radius 2 is 1.79 bits per heavy atom. The van der Waals surface area contributed by atoms with Crippen molar-refractivity contribution in [1.82, 2.24) is 19.2 Å². The van der Waals surface area contributed by atoms with Crippen molar-refractivity contribution in [2.45, 2.75) is 0 Å². The third-order valence-corrected chi connectivity index (χ3v) is 4.13. The maximum atomic E-state index is 9.21. The molecule has 0 N–H and O–H groups in total. The van der Waals surface area contributed by atoms with Crippen LogP contribution < -0.4 is 0 Å². The number of nitriles is 1. The zero-order valence-electron chi connectivity index (χ0n) is 12.8. The first-order valence-corrected chi connectivity index (χ1v) is 7.70. The van der Waals surface area contributed by atoms with Gasteiger partial charge in [0.05, 0.1) is 6.20 Å². The summed E-state index contributed by atoms with van der Waals surface area (Å²) in [6, 6.07) is 13.6. The van der Waals surface area contributed by atoms with Crippen LogP contribution in [0, 0.1) is 11.3 Å². The van der Waals surface area contributed by atoms with Crippen molar-refractivity contribution in [3.05, 3.63) is 65.7 Å². The van der Waals surface area contributed by atoms with Crippen molar-refractivity contribution in [3.8, 4) is 28.5 Å². The van der Waals surface area contributed by atoms with E-state index in [2.05, 4.69) is 16.2 Å². The van der Waals surface area contributed by atoms with Gasteiger partial charge in [-0.2, -0.15) is 10.4 Å². The number of halogens is 1. The van der Waals surface area contributed by atoms with E-state index >= 15 is 0 Å². The number of pyridine rings is 1. The van der Waals surface area contributed by atoms with E-state index in [0.29, 0.717) is 10.7 Å². The highest BCUT2D eigenvalue weighted by Gasteiger charge is 2.13. The molecule has 0 saturated heterocycles. The molecule has 5 nitrogen and oxygen atoms in total. The maximum Gasteiger partial charge on any atom is 0.144 e. The van der Waals surface area contributed by atoms with Crippen LogP contribution in [0.15, 0.2) is 55.0 Å². The molecule has 0 atom stereocenters. The van der Waals surface area contributed by atoms with Gasteiger partial charge in [0.1, 0.15) is 23.1 Å². The zero-order valence-corrected chi connectivity index (χ0v) is 13.6. The van der Waals surface area contributed by atoms with Crippen LogP contribution in [0.2, 0.25) is 5.02 Å². The highest BCUT2D eigenvalue weighted by atomic mass is 35.5. The molecular formula is C18H12ClN5. The Bertz CT molecular complexity index is 1080. The van der Waals surface area contributed by atoms with Crippen molar-refractivity contribution >= 4 is 17.2 Å². The van der Waals surface area contributed by atoms with E-state index < -0.39 is 0 Å². The van der Waals surface area contributed by atoms with Crippen LogP contribution in [0.1, 0.15) is 5.69 Å². The standard InChI is InChI=1S/C18H12ClN5/c1-23-11-16(18(22-23)12-2-5-14(19)6-3-12)13-4-7-17-21-9-15(8-20)24(17)10-13/h2-7,9-11H,1H3. The summed E-state index contributed by atoms with van der Waals surface area (Å²) in [5, 5.41) is 14.5. The number of fused-ring (bicyclic) bond motifs is 1. The molecule has 3 heterocycles. The second-order valence-electron chi connectivity index (χ2n) is 5.47. The van der Waals surface area contributed by atoms with Crippen molar-refractivity contribution in [1.29, 1.82) is 5.26 Å². The lowest BCUT2D eigenvalue weighted by Gasteiger charge is -2.04. The Kier molecular flexibility index (Phi) is 3.33. The molecular weight excluding hydrogens is 322 g/mol. The van der Waals surface area contributed by atoms with Gasteiger partial charge >= 0.3 is 0 Å². The number of hydrogen-bond donors (Lipinski definition) is 0. The van der Waals surface area contributed by atoms with Gasteiger partial charge in [0, 0.05) is 41.2 Å². The minimum Gasteiger partial charge on any atom is -0.291 e. The van der Waals surface area contributed by atoms with Gasteiger partial charge in [-0.05, 0) is 24.3 Å². The van der Waals surface area contributed by atoms with Gasteiger partial charge in [-0.25, -0.2) is 4.98 Å². The lowest BCUT2D eigenvalue weighted by Crippen LogP contribution is -1.90. The van der Waals surface area contributed by atoms with E-state index in [0.717, 1.165) is 28.0 Å². The smallest absolute Gasteiger partial charge is 0.144 e. The van der Waals surface area contributed by atoms with Crippen molar-refractivity contribution in [2.24, 2.45) is 7.05 Å². The summed E-state index contributed by atoms with van der Waals surface area (Å²) in [5.41, 5.74) is 5.05. The maximum absolute atomic E-state index is 9.21. The lowest BCUT2D eigenvalue weighted by molar-refractivity contribution is 0.771. The van der Waals surface area contributed by atoms with Crippen LogP contribution in [0.25, 0.3) is 28.0 Å². The Morgan fingerprint density at radius 3 is 2.54 bits per heavy atom. The van der Waals surface area contributed by atoms with Gasteiger partial charge in [0.15, 0.2) is 0 Å². The fraction of sp³-hybridized carbons (Fsp3) is 0.0556. The predicted octanol–water partition coefficient (Wildman–Crippen LogP) is 3.93.